The summed E-state index contributed by atoms with van der Waals surface area (Å²) < 4.78 is 1.23. The van der Waals surface area contributed by atoms with Gasteiger partial charge in [-0.25, -0.2) is 4.98 Å². The van der Waals surface area contributed by atoms with Gasteiger partial charge in [0.05, 0.1) is 0 Å². The van der Waals surface area contributed by atoms with Gasteiger partial charge in [-0.05, 0) is 19.8 Å². The molecule has 1 fully saturated rings. The zero-order chi connectivity index (χ0) is 14.1. The Bertz CT molecular complexity index is 701. The maximum Gasteiger partial charge on any atom is 0.288 e. The standard InChI is InChI=1S/C12H15N5O2S/c1-2-13-9(18)8-7-14-11-17(10(8)19)15-12(20-11)16-5-3-4-6-16/h7H,2-6H2,1H3,(H,13,18). The summed E-state index contributed by atoms with van der Waals surface area (Å²) in [5.74, 6) is -0.407. The van der Waals surface area contributed by atoms with E-state index in [1.54, 1.807) is 6.92 Å². The van der Waals surface area contributed by atoms with Crippen LogP contribution in [0.4, 0.5) is 5.13 Å². The van der Waals surface area contributed by atoms with Gasteiger partial charge in [-0.2, -0.15) is 4.52 Å². The van der Waals surface area contributed by atoms with Gasteiger partial charge in [0.15, 0.2) is 0 Å². The average molecular weight is 293 g/mol. The maximum absolute atomic E-state index is 12.3. The van der Waals surface area contributed by atoms with E-state index in [0.717, 1.165) is 31.1 Å². The third kappa shape index (κ3) is 2.15. The first-order valence-corrected chi connectivity index (χ1v) is 7.44. The maximum atomic E-state index is 12.3. The van der Waals surface area contributed by atoms with E-state index in [1.807, 2.05) is 0 Å². The summed E-state index contributed by atoms with van der Waals surface area (Å²) in [7, 11) is 0. The highest BCUT2D eigenvalue weighted by molar-refractivity contribution is 7.20. The number of anilines is 1. The molecule has 0 aliphatic carbocycles. The average Bonchev–Trinajstić information content (AvgIpc) is 3.08. The normalized spacial score (nSPS) is 14.9. The summed E-state index contributed by atoms with van der Waals surface area (Å²) in [5.41, 5.74) is -0.384. The highest BCUT2D eigenvalue weighted by Crippen LogP contribution is 2.24. The lowest BCUT2D eigenvalue weighted by molar-refractivity contribution is 0.0953. The summed E-state index contributed by atoms with van der Waals surface area (Å²) in [6, 6.07) is 0. The molecule has 7 nitrogen and oxygen atoms in total. The first kappa shape index (κ1) is 13.0. The van der Waals surface area contributed by atoms with Crippen molar-refractivity contribution in [3.8, 4) is 0 Å². The Morgan fingerprint density at radius 3 is 2.90 bits per heavy atom. The molecule has 1 aliphatic heterocycles. The van der Waals surface area contributed by atoms with E-state index < -0.39 is 11.5 Å². The number of nitrogens with zero attached hydrogens (tertiary/aromatic N) is 4. The van der Waals surface area contributed by atoms with Gasteiger partial charge in [-0.15, -0.1) is 5.10 Å². The van der Waals surface area contributed by atoms with Crippen LogP contribution in [0.3, 0.4) is 0 Å². The number of fused-ring (bicyclic) bond motifs is 1. The van der Waals surface area contributed by atoms with Crippen molar-refractivity contribution >= 4 is 27.3 Å². The van der Waals surface area contributed by atoms with Gasteiger partial charge in [-0.1, -0.05) is 11.3 Å². The van der Waals surface area contributed by atoms with Crippen LogP contribution in [0.15, 0.2) is 11.0 Å². The van der Waals surface area contributed by atoms with E-state index >= 15 is 0 Å². The van der Waals surface area contributed by atoms with Gasteiger partial charge >= 0.3 is 0 Å². The van der Waals surface area contributed by atoms with E-state index in [-0.39, 0.29) is 5.56 Å². The molecule has 3 rings (SSSR count). The van der Waals surface area contributed by atoms with Crippen LogP contribution < -0.4 is 15.8 Å². The SMILES string of the molecule is CCNC(=O)c1cnc2sc(N3CCCC3)nn2c1=O. The fourth-order valence-corrected chi connectivity index (χ4v) is 3.14. The van der Waals surface area contributed by atoms with Gasteiger partial charge in [0.2, 0.25) is 10.1 Å². The minimum Gasteiger partial charge on any atom is -0.352 e. The molecule has 20 heavy (non-hydrogen) atoms. The molecule has 0 bridgehead atoms. The summed E-state index contributed by atoms with van der Waals surface area (Å²) in [4.78, 5) is 30.9. The minimum atomic E-state index is -0.414. The quantitative estimate of drug-likeness (QED) is 0.891. The van der Waals surface area contributed by atoms with Crippen LogP contribution in [0, 0.1) is 0 Å². The van der Waals surface area contributed by atoms with Crippen LogP contribution in [-0.4, -0.2) is 40.1 Å². The highest BCUT2D eigenvalue weighted by atomic mass is 32.1. The number of nitrogens with one attached hydrogen (secondary N) is 1. The largest absolute Gasteiger partial charge is 0.352 e. The molecule has 1 N–H and O–H groups in total. The Hall–Kier alpha value is -1.96. The monoisotopic (exact) mass is 293 g/mol. The zero-order valence-corrected chi connectivity index (χ0v) is 11.9. The van der Waals surface area contributed by atoms with Gasteiger partial charge in [-0.3, -0.25) is 9.59 Å². The molecule has 0 atom stereocenters. The molecule has 0 unspecified atom stereocenters. The highest BCUT2D eigenvalue weighted by Gasteiger charge is 2.19. The van der Waals surface area contributed by atoms with Crippen LogP contribution in [0.1, 0.15) is 30.1 Å². The van der Waals surface area contributed by atoms with Gasteiger partial charge in [0.1, 0.15) is 5.56 Å². The van der Waals surface area contributed by atoms with Crippen LogP contribution >= 0.6 is 11.3 Å². The first-order valence-electron chi connectivity index (χ1n) is 6.62. The van der Waals surface area contributed by atoms with Gasteiger partial charge < -0.3 is 10.2 Å². The van der Waals surface area contributed by atoms with E-state index in [0.29, 0.717) is 11.5 Å². The lowest BCUT2D eigenvalue weighted by atomic mass is 10.3. The molecule has 0 saturated carbocycles. The second kappa shape index (κ2) is 5.20. The Labute approximate surface area is 119 Å². The fourth-order valence-electron chi connectivity index (χ4n) is 2.22. The molecular formula is C12H15N5O2S. The molecule has 0 aromatic carbocycles. The third-order valence-corrected chi connectivity index (χ3v) is 4.22. The third-order valence-electron chi connectivity index (χ3n) is 3.23. The molecule has 2 aromatic heterocycles. The van der Waals surface area contributed by atoms with E-state index in [4.69, 9.17) is 0 Å². The number of hydrogen-bond acceptors (Lipinski definition) is 6. The predicted molar refractivity (Wildman–Crippen MR) is 76.6 cm³/mol. The molecule has 2 aromatic rings. The number of hydrogen-bond donors (Lipinski definition) is 1. The van der Waals surface area contributed by atoms with Gasteiger partial charge in [0, 0.05) is 25.8 Å². The van der Waals surface area contributed by atoms with Crippen molar-refractivity contribution in [3.05, 3.63) is 22.1 Å². The molecule has 1 amide bonds. The van der Waals surface area contributed by atoms with Crippen LogP contribution in [0.25, 0.3) is 4.96 Å². The Balaban J connectivity index is 2.04. The van der Waals surface area contributed by atoms with E-state index in [9.17, 15) is 9.59 Å². The summed E-state index contributed by atoms with van der Waals surface area (Å²) in [6.45, 7) is 4.18. The predicted octanol–water partition coefficient (Wildman–Crippen LogP) is 0.501. The minimum absolute atomic E-state index is 0.0302. The van der Waals surface area contributed by atoms with Crippen molar-refractivity contribution < 1.29 is 4.79 Å². The van der Waals surface area contributed by atoms with Crippen LogP contribution in [-0.2, 0) is 0 Å². The smallest absolute Gasteiger partial charge is 0.288 e. The van der Waals surface area contributed by atoms with Crippen molar-refractivity contribution in [3.63, 3.8) is 0 Å². The van der Waals surface area contributed by atoms with Gasteiger partial charge in [0.25, 0.3) is 11.5 Å². The Morgan fingerprint density at radius 1 is 1.45 bits per heavy atom. The summed E-state index contributed by atoms with van der Waals surface area (Å²) in [6.07, 6.45) is 3.61. The van der Waals surface area contributed by atoms with Crippen molar-refractivity contribution in [2.45, 2.75) is 19.8 Å². The van der Waals surface area contributed by atoms with Crippen molar-refractivity contribution in [1.29, 1.82) is 0 Å². The molecule has 0 spiro atoms. The first-order chi connectivity index (χ1) is 9.70. The second-order valence-electron chi connectivity index (χ2n) is 4.61. The molecule has 3 heterocycles. The summed E-state index contributed by atoms with van der Waals surface area (Å²) in [5, 5.41) is 7.70. The number of carbonyl (C=O) groups is 1. The Kier molecular flexibility index (Phi) is 3.39. The molecule has 1 aliphatic rings. The Morgan fingerprint density at radius 2 is 2.20 bits per heavy atom. The number of carbonyl (C=O) groups excluding carboxylic acids is 1. The van der Waals surface area contributed by atoms with Crippen LogP contribution in [0.2, 0.25) is 0 Å². The molecular weight excluding hydrogens is 278 g/mol. The molecule has 1 saturated heterocycles. The van der Waals surface area contributed by atoms with Crippen molar-refractivity contribution in [2.75, 3.05) is 24.5 Å². The number of aromatic nitrogens is 3. The van der Waals surface area contributed by atoms with Crippen LogP contribution in [0.5, 0.6) is 0 Å². The summed E-state index contributed by atoms with van der Waals surface area (Å²) >= 11 is 1.38. The second-order valence-corrected chi connectivity index (χ2v) is 5.54. The number of rotatable bonds is 3. The van der Waals surface area contributed by atoms with Crippen molar-refractivity contribution in [1.82, 2.24) is 19.9 Å². The molecule has 8 heteroatoms. The van der Waals surface area contributed by atoms with Crippen molar-refractivity contribution in [2.24, 2.45) is 0 Å². The lowest BCUT2D eigenvalue weighted by Gasteiger charge is -2.10. The number of amides is 1. The van der Waals surface area contributed by atoms with E-state index in [2.05, 4.69) is 20.3 Å². The topological polar surface area (TPSA) is 79.6 Å². The zero-order valence-electron chi connectivity index (χ0n) is 11.1. The lowest BCUT2D eigenvalue weighted by Crippen LogP contribution is -2.31. The van der Waals surface area contributed by atoms with E-state index in [1.165, 1.54) is 22.0 Å². The molecule has 0 radical (unpaired) electrons. The molecule has 106 valence electrons. The fraction of sp³-hybridized carbons (Fsp3) is 0.500.